The molecule has 27 heavy (non-hydrogen) atoms. The largest absolute Gasteiger partial charge is 0.470 e. The highest BCUT2D eigenvalue weighted by Crippen LogP contribution is 2.29. The smallest absolute Gasteiger partial charge is 0.274 e. The van der Waals surface area contributed by atoms with Gasteiger partial charge in [-0.3, -0.25) is 14.5 Å². The molecule has 0 spiro atoms. The van der Waals surface area contributed by atoms with Crippen molar-refractivity contribution in [2.75, 3.05) is 18.5 Å². The van der Waals surface area contributed by atoms with E-state index in [-0.39, 0.29) is 12.5 Å². The number of benzene rings is 1. The number of aryl methyl sites for hydroxylation is 1. The fraction of sp³-hybridized carbons (Fsp3) is 0.316. The zero-order chi connectivity index (χ0) is 18.8. The number of rotatable bonds is 4. The molecule has 1 amide bonds. The van der Waals surface area contributed by atoms with Crippen LogP contribution in [0.15, 0.2) is 42.6 Å². The zero-order valence-corrected chi connectivity index (χ0v) is 14.8. The number of ether oxygens (including phenoxy) is 2. The molecule has 7 nitrogen and oxygen atoms in total. The first kappa shape index (κ1) is 17.4. The second-order valence-electron chi connectivity index (χ2n) is 6.37. The van der Waals surface area contributed by atoms with E-state index >= 15 is 0 Å². The molecule has 2 atom stereocenters. The number of nitrogens with zero attached hydrogens (tertiary/aromatic N) is 3. The molecule has 1 aliphatic rings. The van der Waals surface area contributed by atoms with Gasteiger partial charge in [0.2, 0.25) is 5.88 Å². The standard InChI is InChI=1S/C19H19FN4O3/c1-24-16-10-12(22-18(25)15-4-2-3-8-21-15)5-6-13(16)19(23-24)27-17-7-9-26-11-14(17)20/h2-6,8,10,14,17H,7,9,11H2,1H3,(H,22,25). The van der Waals surface area contributed by atoms with Crippen LogP contribution in [-0.4, -0.2) is 46.2 Å². The van der Waals surface area contributed by atoms with Crippen molar-refractivity contribution in [2.24, 2.45) is 7.05 Å². The first-order chi connectivity index (χ1) is 13.1. The van der Waals surface area contributed by atoms with Crippen molar-refractivity contribution in [1.29, 1.82) is 0 Å². The van der Waals surface area contributed by atoms with Crippen LogP contribution in [0.3, 0.4) is 0 Å². The van der Waals surface area contributed by atoms with Gasteiger partial charge in [0.25, 0.3) is 5.91 Å². The summed E-state index contributed by atoms with van der Waals surface area (Å²) in [5.41, 5.74) is 1.72. The fourth-order valence-corrected chi connectivity index (χ4v) is 3.04. The summed E-state index contributed by atoms with van der Waals surface area (Å²) < 4.78 is 26.5. The number of amides is 1. The van der Waals surface area contributed by atoms with E-state index < -0.39 is 12.3 Å². The molecule has 2 unspecified atom stereocenters. The van der Waals surface area contributed by atoms with Crippen LogP contribution in [0.1, 0.15) is 16.9 Å². The zero-order valence-electron chi connectivity index (χ0n) is 14.8. The molecule has 0 radical (unpaired) electrons. The minimum absolute atomic E-state index is 0.0408. The summed E-state index contributed by atoms with van der Waals surface area (Å²) in [7, 11) is 1.77. The van der Waals surface area contributed by atoms with Crippen molar-refractivity contribution < 1.29 is 18.7 Å². The van der Waals surface area contributed by atoms with Gasteiger partial charge in [-0.05, 0) is 30.3 Å². The van der Waals surface area contributed by atoms with E-state index in [2.05, 4.69) is 15.4 Å². The van der Waals surface area contributed by atoms with Gasteiger partial charge in [0.1, 0.15) is 11.8 Å². The lowest BCUT2D eigenvalue weighted by atomic mass is 10.1. The predicted molar refractivity (Wildman–Crippen MR) is 97.7 cm³/mol. The monoisotopic (exact) mass is 370 g/mol. The summed E-state index contributed by atoms with van der Waals surface area (Å²) in [6, 6.07) is 10.5. The average molecular weight is 370 g/mol. The van der Waals surface area contributed by atoms with Gasteiger partial charge < -0.3 is 14.8 Å². The van der Waals surface area contributed by atoms with Crippen molar-refractivity contribution in [3.63, 3.8) is 0 Å². The Morgan fingerprint density at radius 1 is 1.37 bits per heavy atom. The minimum Gasteiger partial charge on any atom is -0.470 e. The van der Waals surface area contributed by atoms with E-state index in [1.54, 1.807) is 54.3 Å². The lowest BCUT2D eigenvalue weighted by Crippen LogP contribution is -2.37. The van der Waals surface area contributed by atoms with Crippen LogP contribution in [0.5, 0.6) is 5.88 Å². The van der Waals surface area contributed by atoms with Crippen LogP contribution < -0.4 is 10.1 Å². The van der Waals surface area contributed by atoms with E-state index in [0.717, 1.165) is 10.9 Å². The molecule has 140 valence electrons. The number of hydrogen-bond acceptors (Lipinski definition) is 5. The van der Waals surface area contributed by atoms with Crippen molar-refractivity contribution in [3.8, 4) is 5.88 Å². The second-order valence-corrected chi connectivity index (χ2v) is 6.37. The Labute approximate surface area is 155 Å². The van der Waals surface area contributed by atoms with Gasteiger partial charge in [-0.15, -0.1) is 5.10 Å². The number of alkyl halides is 1. The maximum Gasteiger partial charge on any atom is 0.274 e. The summed E-state index contributed by atoms with van der Waals surface area (Å²) >= 11 is 0. The Balaban J connectivity index is 1.56. The molecule has 0 bridgehead atoms. The molecule has 0 aliphatic carbocycles. The predicted octanol–water partition coefficient (Wildman–Crippen LogP) is 2.73. The number of anilines is 1. The normalized spacial score (nSPS) is 19.8. The molecular weight excluding hydrogens is 351 g/mol. The Morgan fingerprint density at radius 3 is 3.04 bits per heavy atom. The molecule has 3 heterocycles. The average Bonchev–Trinajstić information content (AvgIpc) is 2.99. The number of nitrogens with one attached hydrogen (secondary N) is 1. The molecule has 2 aromatic heterocycles. The SMILES string of the molecule is Cn1nc(OC2CCOCC2F)c2ccc(NC(=O)c3ccccn3)cc21. The van der Waals surface area contributed by atoms with E-state index in [4.69, 9.17) is 9.47 Å². The highest BCUT2D eigenvalue weighted by Gasteiger charge is 2.28. The lowest BCUT2D eigenvalue weighted by molar-refractivity contribution is -0.0393. The minimum atomic E-state index is -1.17. The number of aromatic nitrogens is 3. The lowest BCUT2D eigenvalue weighted by Gasteiger charge is -2.25. The second kappa shape index (κ2) is 7.32. The van der Waals surface area contributed by atoms with Gasteiger partial charge in [-0.2, -0.15) is 0 Å². The summed E-state index contributed by atoms with van der Waals surface area (Å²) in [6.07, 6.45) is 0.308. The van der Waals surface area contributed by atoms with Crippen molar-refractivity contribution in [1.82, 2.24) is 14.8 Å². The van der Waals surface area contributed by atoms with E-state index in [0.29, 0.717) is 30.3 Å². The molecule has 0 saturated carbocycles. The molecule has 1 N–H and O–H groups in total. The fourth-order valence-electron chi connectivity index (χ4n) is 3.04. The molecular formula is C19H19FN4O3. The van der Waals surface area contributed by atoms with Crippen LogP contribution >= 0.6 is 0 Å². The first-order valence-corrected chi connectivity index (χ1v) is 8.69. The molecule has 1 aromatic carbocycles. The Hall–Kier alpha value is -3.00. The number of hydrogen-bond donors (Lipinski definition) is 1. The molecule has 1 aliphatic heterocycles. The first-order valence-electron chi connectivity index (χ1n) is 8.69. The maximum absolute atomic E-state index is 14.0. The van der Waals surface area contributed by atoms with Crippen LogP contribution in [0, 0.1) is 0 Å². The third-order valence-electron chi connectivity index (χ3n) is 4.46. The molecule has 8 heteroatoms. The van der Waals surface area contributed by atoms with Crippen LogP contribution in [0.2, 0.25) is 0 Å². The third kappa shape index (κ3) is 3.61. The van der Waals surface area contributed by atoms with Crippen molar-refractivity contribution in [3.05, 3.63) is 48.3 Å². The van der Waals surface area contributed by atoms with Crippen LogP contribution in [-0.2, 0) is 11.8 Å². The highest BCUT2D eigenvalue weighted by atomic mass is 19.1. The summed E-state index contributed by atoms with van der Waals surface area (Å²) in [6.45, 7) is 0.513. The number of pyridine rings is 1. The van der Waals surface area contributed by atoms with E-state index in [1.165, 1.54) is 0 Å². The molecule has 1 saturated heterocycles. The number of carbonyl (C=O) groups is 1. The van der Waals surface area contributed by atoms with E-state index in [1.807, 2.05) is 0 Å². The number of carbonyl (C=O) groups excluding carboxylic acids is 1. The van der Waals surface area contributed by atoms with Gasteiger partial charge in [-0.25, -0.2) is 4.39 Å². The summed E-state index contributed by atoms with van der Waals surface area (Å²) in [5, 5.41) is 7.93. The number of halogens is 1. The van der Waals surface area contributed by atoms with Gasteiger partial charge >= 0.3 is 0 Å². The molecule has 4 rings (SSSR count). The maximum atomic E-state index is 14.0. The molecule has 1 fully saturated rings. The van der Waals surface area contributed by atoms with Crippen molar-refractivity contribution in [2.45, 2.75) is 18.7 Å². The summed E-state index contributed by atoms with van der Waals surface area (Å²) in [5.74, 6) is 0.0840. The topological polar surface area (TPSA) is 78.3 Å². The van der Waals surface area contributed by atoms with Crippen molar-refractivity contribution >= 4 is 22.5 Å². The van der Waals surface area contributed by atoms with Crippen LogP contribution in [0.4, 0.5) is 10.1 Å². The molecule has 3 aromatic rings. The van der Waals surface area contributed by atoms with Gasteiger partial charge in [-0.1, -0.05) is 6.07 Å². The Bertz CT molecular complexity index is 960. The quantitative estimate of drug-likeness (QED) is 0.764. The highest BCUT2D eigenvalue weighted by molar-refractivity contribution is 6.03. The Morgan fingerprint density at radius 2 is 2.26 bits per heavy atom. The van der Waals surface area contributed by atoms with Gasteiger partial charge in [0, 0.05) is 25.4 Å². The van der Waals surface area contributed by atoms with Crippen LogP contribution in [0.25, 0.3) is 10.9 Å². The summed E-state index contributed by atoms with van der Waals surface area (Å²) in [4.78, 5) is 16.3. The van der Waals surface area contributed by atoms with Gasteiger partial charge in [0.15, 0.2) is 6.17 Å². The van der Waals surface area contributed by atoms with E-state index in [9.17, 15) is 9.18 Å². The Kier molecular flexibility index (Phi) is 4.72. The van der Waals surface area contributed by atoms with Gasteiger partial charge in [0.05, 0.1) is 24.1 Å². The number of fused-ring (bicyclic) bond motifs is 1. The third-order valence-corrected chi connectivity index (χ3v) is 4.46.